The topological polar surface area (TPSA) is 55.1 Å². The van der Waals surface area contributed by atoms with Gasteiger partial charge in [-0.3, -0.25) is 4.79 Å². The third kappa shape index (κ3) is 3.09. The summed E-state index contributed by atoms with van der Waals surface area (Å²) < 4.78 is 0. The van der Waals surface area contributed by atoms with E-state index in [1.54, 1.807) is 7.05 Å². The molecule has 3 nitrogen and oxygen atoms in total. The van der Waals surface area contributed by atoms with E-state index in [0.717, 1.165) is 24.1 Å². The fraction of sp³-hybridized carbons (Fsp3) is 0.364. The van der Waals surface area contributed by atoms with Crippen LogP contribution in [0.3, 0.4) is 0 Å². The summed E-state index contributed by atoms with van der Waals surface area (Å²) in [6, 6.07) is 7.76. The Morgan fingerprint density at radius 1 is 1.43 bits per heavy atom. The molecule has 0 fully saturated rings. The van der Waals surface area contributed by atoms with Gasteiger partial charge in [0.15, 0.2) is 0 Å². The Kier molecular flexibility index (Phi) is 3.98. The van der Waals surface area contributed by atoms with Gasteiger partial charge in [0.2, 0.25) is 5.91 Å². The van der Waals surface area contributed by atoms with Gasteiger partial charge in [-0.05, 0) is 24.5 Å². The first-order chi connectivity index (χ1) is 6.74. The van der Waals surface area contributed by atoms with Crippen LogP contribution in [0.1, 0.15) is 18.4 Å². The number of amides is 1. The van der Waals surface area contributed by atoms with Crippen molar-refractivity contribution in [2.75, 3.05) is 12.8 Å². The molecule has 0 unspecified atom stereocenters. The molecule has 3 heteroatoms. The summed E-state index contributed by atoms with van der Waals surface area (Å²) in [6.45, 7) is 0. The lowest BCUT2D eigenvalue weighted by molar-refractivity contribution is -0.120. The molecule has 0 radical (unpaired) electrons. The van der Waals surface area contributed by atoms with Gasteiger partial charge in [-0.1, -0.05) is 18.2 Å². The van der Waals surface area contributed by atoms with E-state index >= 15 is 0 Å². The predicted molar refractivity (Wildman–Crippen MR) is 57.9 cm³/mol. The van der Waals surface area contributed by atoms with Crippen molar-refractivity contribution < 1.29 is 4.79 Å². The number of nitrogen functional groups attached to an aromatic ring is 1. The Hall–Kier alpha value is -1.51. The zero-order valence-corrected chi connectivity index (χ0v) is 8.42. The third-order valence-corrected chi connectivity index (χ3v) is 2.18. The molecule has 1 rings (SSSR count). The highest BCUT2D eigenvalue weighted by Gasteiger charge is 2.00. The van der Waals surface area contributed by atoms with E-state index in [1.807, 2.05) is 24.3 Å². The summed E-state index contributed by atoms with van der Waals surface area (Å²) in [5.74, 6) is 0.0829. The van der Waals surface area contributed by atoms with Crippen LogP contribution in [0.15, 0.2) is 24.3 Å². The van der Waals surface area contributed by atoms with Crippen LogP contribution in [0.25, 0.3) is 0 Å². The quantitative estimate of drug-likeness (QED) is 0.707. The van der Waals surface area contributed by atoms with E-state index < -0.39 is 0 Å². The number of benzene rings is 1. The minimum absolute atomic E-state index is 0.0829. The molecule has 1 aromatic rings. The number of carbonyl (C=O) groups excluding carboxylic acids is 1. The van der Waals surface area contributed by atoms with Crippen molar-refractivity contribution in [1.29, 1.82) is 0 Å². The summed E-state index contributed by atoms with van der Waals surface area (Å²) in [7, 11) is 1.65. The second-order valence-electron chi connectivity index (χ2n) is 3.23. The SMILES string of the molecule is CNC(=O)CCCc1ccccc1N. The molecule has 1 aromatic carbocycles. The summed E-state index contributed by atoms with van der Waals surface area (Å²) >= 11 is 0. The predicted octanol–water partition coefficient (Wildman–Crippen LogP) is 1.34. The van der Waals surface area contributed by atoms with Crippen LogP contribution in [0.5, 0.6) is 0 Å². The lowest BCUT2D eigenvalue weighted by atomic mass is 10.1. The van der Waals surface area contributed by atoms with E-state index in [1.165, 1.54) is 0 Å². The maximum Gasteiger partial charge on any atom is 0.219 e. The molecule has 0 aliphatic carbocycles. The molecule has 0 saturated heterocycles. The number of nitrogens with two attached hydrogens (primary N) is 1. The highest BCUT2D eigenvalue weighted by atomic mass is 16.1. The molecule has 0 saturated carbocycles. The average Bonchev–Trinajstić information content (AvgIpc) is 2.20. The maximum absolute atomic E-state index is 10.9. The first-order valence-corrected chi connectivity index (χ1v) is 4.78. The van der Waals surface area contributed by atoms with Gasteiger partial charge in [-0.25, -0.2) is 0 Å². The van der Waals surface area contributed by atoms with Gasteiger partial charge in [-0.2, -0.15) is 0 Å². The first-order valence-electron chi connectivity index (χ1n) is 4.78. The summed E-state index contributed by atoms with van der Waals surface area (Å²) in [4.78, 5) is 10.9. The standard InChI is InChI=1S/C11H16N2O/c1-13-11(14)8-4-6-9-5-2-3-7-10(9)12/h2-3,5,7H,4,6,8,12H2,1H3,(H,13,14). The van der Waals surface area contributed by atoms with Gasteiger partial charge in [0.25, 0.3) is 0 Å². The summed E-state index contributed by atoms with van der Waals surface area (Å²) in [6.07, 6.45) is 2.26. The van der Waals surface area contributed by atoms with Crippen molar-refractivity contribution in [3.63, 3.8) is 0 Å². The number of hydrogen-bond acceptors (Lipinski definition) is 2. The maximum atomic E-state index is 10.9. The third-order valence-electron chi connectivity index (χ3n) is 2.18. The van der Waals surface area contributed by atoms with Crippen molar-refractivity contribution in [2.24, 2.45) is 0 Å². The second-order valence-corrected chi connectivity index (χ2v) is 3.23. The highest BCUT2D eigenvalue weighted by molar-refractivity contribution is 5.75. The lowest BCUT2D eigenvalue weighted by Gasteiger charge is -2.04. The highest BCUT2D eigenvalue weighted by Crippen LogP contribution is 2.13. The second kappa shape index (κ2) is 5.27. The van der Waals surface area contributed by atoms with Crippen molar-refractivity contribution in [2.45, 2.75) is 19.3 Å². The molecule has 3 N–H and O–H groups in total. The van der Waals surface area contributed by atoms with Crippen molar-refractivity contribution in [3.8, 4) is 0 Å². The number of hydrogen-bond donors (Lipinski definition) is 2. The summed E-state index contributed by atoms with van der Waals surface area (Å²) in [5, 5.41) is 2.60. The fourth-order valence-corrected chi connectivity index (χ4v) is 1.33. The number of anilines is 1. The molecule has 0 bridgehead atoms. The van der Waals surface area contributed by atoms with E-state index in [-0.39, 0.29) is 5.91 Å². The molecular formula is C11H16N2O. The van der Waals surface area contributed by atoms with Crippen LogP contribution in [-0.2, 0) is 11.2 Å². The Morgan fingerprint density at radius 2 is 2.14 bits per heavy atom. The van der Waals surface area contributed by atoms with E-state index in [0.29, 0.717) is 6.42 Å². The van der Waals surface area contributed by atoms with Gasteiger partial charge >= 0.3 is 0 Å². The minimum atomic E-state index is 0.0829. The molecule has 1 amide bonds. The molecule has 0 aliphatic rings. The minimum Gasteiger partial charge on any atom is -0.399 e. The normalized spacial score (nSPS) is 9.79. The van der Waals surface area contributed by atoms with Gasteiger partial charge in [0, 0.05) is 19.2 Å². The number of rotatable bonds is 4. The van der Waals surface area contributed by atoms with Crippen LogP contribution < -0.4 is 11.1 Å². The van der Waals surface area contributed by atoms with Crippen molar-refractivity contribution in [1.82, 2.24) is 5.32 Å². The molecular weight excluding hydrogens is 176 g/mol. The zero-order chi connectivity index (χ0) is 10.4. The van der Waals surface area contributed by atoms with Crippen LogP contribution in [0.4, 0.5) is 5.69 Å². The molecule has 14 heavy (non-hydrogen) atoms. The van der Waals surface area contributed by atoms with Crippen LogP contribution >= 0.6 is 0 Å². The largest absolute Gasteiger partial charge is 0.399 e. The van der Waals surface area contributed by atoms with E-state index in [9.17, 15) is 4.79 Å². The van der Waals surface area contributed by atoms with Gasteiger partial charge < -0.3 is 11.1 Å². The molecule has 0 heterocycles. The van der Waals surface area contributed by atoms with Crippen molar-refractivity contribution >= 4 is 11.6 Å². The number of carbonyl (C=O) groups is 1. The Labute approximate surface area is 84.3 Å². The fourth-order valence-electron chi connectivity index (χ4n) is 1.33. The van der Waals surface area contributed by atoms with Crippen molar-refractivity contribution in [3.05, 3.63) is 29.8 Å². The molecule has 76 valence electrons. The monoisotopic (exact) mass is 192 g/mol. The number of para-hydroxylation sites is 1. The van der Waals surface area contributed by atoms with E-state index in [4.69, 9.17) is 5.73 Å². The first kappa shape index (κ1) is 10.6. The van der Waals surface area contributed by atoms with Gasteiger partial charge in [-0.15, -0.1) is 0 Å². The Bertz CT molecular complexity index is 310. The van der Waals surface area contributed by atoms with Gasteiger partial charge in [0.1, 0.15) is 0 Å². The molecule has 0 atom stereocenters. The molecule has 0 aliphatic heterocycles. The van der Waals surface area contributed by atoms with Crippen LogP contribution in [0.2, 0.25) is 0 Å². The summed E-state index contributed by atoms with van der Waals surface area (Å²) in [5.41, 5.74) is 7.70. The lowest BCUT2D eigenvalue weighted by Crippen LogP contribution is -2.17. The van der Waals surface area contributed by atoms with E-state index in [2.05, 4.69) is 5.32 Å². The Balaban J connectivity index is 2.39. The molecule has 0 aromatic heterocycles. The smallest absolute Gasteiger partial charge is 0.219 e. The van der Waals surface area contributed by atoms with Gasteiger partial charge in [0.05, 0.1) is 0 Å². The Morgan fingerprint density at radius 3 is 2.79 bits per heavy atom. The molecule has 0 spiro atoms. The number of aryl methyl sites for hydroxylation is 1. The van der Waals surface area contributed by atoms with Crippen LogP contribution in [0, 0.1) is 0 Å². The number of nitrogens with one attached hydrogen (secondary N) is 1. The average molecular weight is 192 g/mol. The van der Waals surface area contributed by atoms with Crippen LogP contribution in [-0.4, -0.2) is 13.0 Å². The zero-order valence-electron chi connectivity index (χ0n) is 8.42.